The Hall–Kier alpha value is -2.67. The van der Waals surface area contributed by atoms with E-state index in [9.17, 15) is 4.79 Å². The molecule has 3 heterocycles. The van der Waals surface area contributed by atoms with E-state index in [0.29, 0.717) is 24.6 Å². The summed E-state index contributed by atoms with van der Waals surface area (Å²) in [6.45, 7) is 2.14. The Morgan fingerprint density at radius 2 is 2.14 bits per heavy atom. The number of nitrogens with one attached hydrogen (secondary N) is 2. The minimum atomic E-state index is -0.0582. The van der Waals surface area contributed by atoms with Gasteiger partial charge in [0.05, 0.1) is 12.2 Å². The molecule has 0 bridgehead atoms. The molecule has 2 aromatic heterocycles. The number of carbonyl (C=O) groups excluding carboxylic acids is 1. The van der Waals surface area contributed by atoms with Crippen molar-refractivity contribution in [2.75, 3.05) is 24.5 Å². The summed E-state index contributed by atoms with van der Waals surface area (Å²) in [4.78, 5) is 30.5. The first-order valence-electron chi connectivity index (χ1n) is 9.64. The van der Waals surface area contributed by atoms with Gasteiger partial charge in [0.15, 0.2) is 11.5 Å². The van der Waals surface area contributed by atoms with Crippen molar-refractivity contribution in [3.63, 3.8) is 0 Å². The maximum absolute atomic E-state index is 12.7. The molecule has 1 aliphatic rings. The van der Waals surface area contributed by atoms with Crippen molar-refractivity contribution in [2.24, 2.45) is 5.92 Å². The number of aryl methyl sites for hydroxylation is 1. The van der Waals surface area contributed by atoms with Crippen molar-refractivity contribution in [1.82, 2.24) is 25.3 Å². The van der Waals surface area contributed by atoms with Crippen LogP contribution in [0.5, 0.6) is 0 Å². The highest BCUT2D eigenvalue weighted by atomic mass is 35.5. The molecule has 8 heteroatoms. The third-order valence-electron chi connectivity index (χ3n) is 5.12. The fourth-order valence-electron chi connectivity index (χ4n) is 3.70. The van der Waals surface area contributed by atoms with Gasteiger partial charge in [0.25, 0.3) is 0 Å². The molecule has 0 unspecified atom stereocenters. The standard InChI is InChI=1S/C20H23ClN6O/c21-20-25-17-16(23-13-24-17)18(26-20)27-11-5-9-15(12-27)19(28)22-10-4-8-14-6-2-1-3-7-14/h1-3,6-7,13,15H,4-5,8-12H2,(H,22,28)(H,23,24,25,26)/t15-/m1/s1. The van der Waals surface area contributed by atoms with Crippen LogP contribution in [-0.2, 0) is 11.2 Å². The van der Waals surface area contributed by atoms with Gasteiger partial charge in [-0.25, -0.2) is 4.98 Å². The third-order valence-corrected chi connectivity index (χ3v) is 5.28. The molecule has 0 saturated carbocycles. The van der Waals surface area contributed by atoms with Gasteiger partial charge in [0.2, 0.25) is 11.2 Å². The lowest BCUT2D eigenvalue weighted by molar-refractivity contribution is -0.125. The Bertz CT molecular complexity index is 944. The first-order valence-corrected chi connectivity index (χ1v) is 10.0. The van der Waals surface area contributed by atoms with Crippen molar-refractivity contribution < 1.29 is 4.79 Å². The second-order valence-electron chi connectivity index (χ2n) is 7.08. The molecule has 7 nitrogen and oxygen atoms in total. The van der Waals surface area contributed by atoms with Crippen molar-refractivity contribution in [3.8, 4) is 0 Å². The Balaban J connectivity index is 1.34. The molecule has 1 aromatic carbocycles. The molecule has 1 amide bonds. The summed E-state index contributed by atoms with van der Waals surface area (Å²) < 4.78 is 0. The van der Waals surface area contributed by atoms with Gasteiger partial charge in [-0.05, 0) is 42.8 Å². The average Bonchev–Trinajstić information content (AvgIpc) is 3.19. The summed E-state index contributed by atoms with van der Waals surface area (Å²) >= 11 is 6.05. The smallest absolute Gasteiger partial charge is 0.226 e. The molecule has 0 spiro atoms. The van der Waals surface area contributed by atoms with Crippen LogP contribution in [0.25, 0.3) is 11.2 Å². The van der Waals surface area contributed by atoms with Gasteiger partial charge in [-0.1, -0.05) is 30.3 Å². The number of imidazole rings is 1. The number of hydrogen-bond donors (Lipinski definition) is 2. The third kappa shape index (κ3) is 4.25. The maximum Gasteiger partial charge on any atom is 0.226 e. The number of nitrogens with zero attached hydrogens (tertiary/aromatic N) is 4. The summed E-state index contributed by atoms with van der Waals surface area (Å²) in [5.41, 5.74) is 2.60. The molecule has 0 aliphatic carbocycles. The molecule has 1 fully saturated rings. The number of fused-ring (bicyclic) bond motifs is 1. The van der Waals surface area contributed by atoms with Gasteiger partial charge in [-0.3, -0.25) is 4.79 Å². The largest absolute Gasteiger partial charge is 0.356 e. The van der Waals surface area contributed by atoms with E-state index in [1.54, 1.807) is 6.33 Å². The Morgan fingerprint density at radius 3 is 3.00 bits per heavy atom. The topological polar surface area (TPSA) is 86.8 Å². The number of halogens is 1. The SMILES string of the molecule is O=C(NCCCc1ccccc1)[C@@H]1CCCN(c2nc(Cl)nc3nc[nH]c23)C1. The zero-order valence-corrected chi connectivity index (χ0v) is 16.3. The quantitative estimate of drug-likeness (QED) is 0.492. The summed E-state index contributed by atoms with van der Waals surface area (Å²) in [7, 11) is 0. The zero-order valence-electron chi connectivity index (χ0n) is 15.6. The lowest BCUT2D eigenvalue weighted by atomic mass is 9.97. The number of aromatic amines is 1. The van der Waals surface area contributed by atoms with E-state index in [2.05, 4.69) is 42.3 Å². The number of anilines is 1. The van der Waals surface area contributed by atoms with Crippen LogP contribution in [0.15, 0.2) is 36.7 Å². The second-order valence-corrected chi connectivity index (χ2v) is 7.42. The van der Waals surface area contributed by atoms with Gasteiger partial charge in [-0.2, -0.15) is 9.97 Å². The monoisotopic (exact) mass is 398 g/mol. The predicted molar refractivity (Wildman–Crippen MR) is 109 cm³/mol. The number of rotatable bonds is 6. The highest BCUT2D eigenvalue weighted by Gasteiger charge is 2.28. The first kappa shape index (κ1) is 18.7. The first-order chi connectivity index (χ1) is 13.7. The second kappa shape index (κ2) is 8.56. The molecule has 1 aliphatic heterocycles. The van der Waals surface area contributed by atoms with Crippen molar-refractivity contribution in [3.05, 3.63) is 47.5 Å². The van der Waals surface area contributed by atoms with Crippen molar-refractivity contribution >= 4 is 34.5 Å². The number of H-pyrrole nitrogens is 1. The minimum absolute atomic E-state index is 0.0582. The van der Waals surface area contributed by atoms with Crippen LogP contribution >= 0.6 is 11.6 Å². The molecule has 4 rings (SSSR count). The highest BCUT2D eigenvalue weighted by molar-refractivity contribution is 6.28. The van der Waals surface area contributed by atoms with Crippen LogP contribution in [0, 0.1) is 5.92 Å². The van der Waals surface area contributed by atoms with E-state index < -0.39 is 0 Å². The van der Waals surface area contributed by atoms with E-state index >= 15 is 0 Å². The van der Waals surface area contributed by atoms with E-state index in [-0.39, 0.29) is 17.1 Å². The summed E-state index contributed by atoms with van der Waals surface area (Å²) in [5.74, 6) is 0.769. The van der Waals surface area contributed by atoms with Crippen molar-refractivity contribution in [2.45, 2.75) is 25.7 Å². The summed E-state index contributed by atoms with van der Waals surface area (Å²) in [6.07, 6.45) is 5.29. The van der Waals surface area contributed by atoms with E-state index in [4.69, 9.17) is 11.6 Å². The molecular weight excluding hydrogens is 376 g/mol. The Labute approximate surface area is 168 Å². The minimum Gasteiger partial charge on any atom is -0.356 e. The molecule has 3 aromatic rings. The predicted octanol–water partition coefficient (Wildman–Crippen LogP) is 2.97. The van der Waals surface area contributed by atoms with Crippen LogP contribution in [0.4, 0.5) is 5.82 Å². The molecular formula is C20H23ClN6O. The number of piperidine rings is 1. The maximum atomic E-state index is 12.7. The molecule has 2 N–H and O–H groups in total. The van der Waals surface area contributed by atoms with Crippen LogP contribution in [0.1, 0.15) is 24.8 Å². The van der Waals surface area contributed by atoms with Gasteiger partial charge in [0, 0.05) is 19.6 Å². The van der Waals surface area contributed by atoms with Crippen molar-refractivity contribution in [1.29, 1.82) is 0 Å². The normalized spacial score (nSPS) is 17.0. The molecule has 0 radical (unpaired) electrons. The van der Waals surface area contributed by atoms with E-state index in [0.717, 1.165) is 37.7 Å². The number of aromatic nitrogens is 4. The fourth-order valence-corrected chi connectivity index (χ4v) is 3.86. The van der Waals surface area contributed by atoms with E-state index in [1.807, 2.05) is 18.2 Å². The molecule has 146 valence electrons. The summed E-state index contributed by atoms with van der Waals surface area (Å²) in [5, 5.41) is 3.26. The number of hydrogen-bond acceptors (Lipinski definition) is 5. The van der Waals surface area contributed by atoms with Gasteiger partial charge in [0.1, 0.15) is 5.52 Å². The van der Waals surface area contributed by atoms with Gasteiger partial charge >= 0.3 is 0 Å². The lowest BCUT2D eigenvalue weighted by Crippen LogP contribution is -2.43. The van der Waals surface area contributed by atoms with Crippen LogP contribution < -0.4 is 10.2 Å². The van der Waals surface area contributed by atoms with Gasteiger partial charge in [-0.15, -0.1) is 0 Å². The molecule has 1 atom stereocenters. The zero-order chi connectivity index (χ0) is 19.3. The number of benzene rings is 1. The van der Waals surface area contributed by atoms with E-state index in [1.165, 1.54) is 5.56 Å². The van der Waals surface area contributed by atoms with Crippen LogP contribution in [-0.4, -0.2) is 45.5 Å². The molecule has 28 heavy (non-hydrogen) atoms. The van der Waals surface area contributed by atoms with Crippen LogP contribution in [0.3, 0.4) is 0 Å². The highest BCUT2D eigenvalue weighted by Crippen LogP contribution is 2.27. The Morgan fingerprint density at radius 1 is 1.29 bits per heavy atom. The van der Waals surface area contributed by atoms with Gasteiger partial charge < -0.3 is 15.2 Å². The van der Waals surface area contributed by atoms with Crippen LogP contribution in [0.2, 0.25) is 5.28 Å². The average molecular weight is 399 g/mol. The Kier molecular flexibility index (Phi) is 5.71. The fraction of sp³-hybridized carbons (Fsp3) is 0.400. The number of amides is 1. The number of carbonyl (C=O) groups is 1. The molecule has 1 saturated heterocycles. The summed E-state index contributed by atoms with van der Waals surface area (Å²) in [6, 6.07) is 10.3. The lowest BCUT2D eigenvalue weighted by Gasteiger charge is -2.33.